The summed E-state index contributed by atoms with van der Waals surface area (Å²) in [5.41, 5.74) is 2.37. The predicted molar refractivity (Wildman–Crippen MR) is 130 cm³/mol. The van der Waals surface area contributed by atoms with Crippen LogP contribution in [0.25, 0.3) is 11.4 Å². The molecule has 2 aromatic heterocycles. The van der Waals surface area contributed by atoms with E-state index < -0.39 is 29.4 Å². The van der Waals surface area contributed by atoms with Gasteiger partial charge in [0, 0.05) is 17.3 Å². The molecule has 2 N–H and O–H groups in total. The van der Waals surface area contributed by atoms with Gasteiger partial charge in [-0.2, -0.15) is 0 Å². The number of nitrogens with one attached hydrogen (secondary N) is 2. The summed E-state index contributed by atoms with van der Waals surface area (Å²) in [4.78, 5) is 35.1. The van der Waals surface area contributed by atoms with Gasteiger partial charge in [-0.3, -0.25) is 9.78 Å². The molecule has 0 aliphatic carbocycles. The number of ether oxygens (including phenoxy) is 2. The minimum Gasteiger partial charge on any atom is -0.469 e. The van der Waals surface area contributed by atoms with Crippen LogP contribution in [-0.2, 0) is 24.6 Å². The molecule has 0 bridgehead atoms. The molecule has 0 saturated heterocycles. The van der Waals surface area contributed by atoms with Gasteiger partial charge in [0.1, 0.15) is 11.6 Å². The Morgan fingerprint density at radius 2 is 1.79 bits per heavy atom. The van der Waals surface area contributed by atoms with Crippen molar-refractivity contribution < 1.29 is 19.1 Å². The molecule has 8 nitrogen and oxygen atoms in total. The Balaban J connectivity index is 1.82. The zero-order chi connectivity index (χ0) is 24.3. The fourth-order valence-corrected chi connectivity index (χ4v) is 5.20. The van der Waals surface area contributed by atoms with Gasteiger partial charge in [-0.25, -0.2) is 9.78 Å². The van der Waals surface area contributed by atoms with E-state index in [1.165, 1.54) is 25.6 Å². The summed E-state index contributed by atoms with van der Waals surface area (Å²) >= 11 is 1.37. The Morgan fingerprint density at radius 3 is 2.44 bits per heavy atom. The summed E-state index contributed by atoms with van der Waals surface area (Å²) in [6.45, 7) is 3.73. The molecule has 0 saturated carbocycles. The zero-order valence-electron chi connectivity index (χ0n) is 19.4. The number of aromatic nitrogens is 2. The molecular weight excluding hydrogens is 452 g/mol. The van der Waals surface area contributed by atoms with E-state index in [0.717, 1.165) is 11.3 Å². The number of hydrogen-bond donors (Lipinski definition) is 2. The molecule has 1 aromatic carbocycles. The van der Waals surface area contributed by atoms with Crippen LogP contribution in [0.2, 0.25) is 0 Å². The van der Waals surface area contributed by atoms with E-state index in [1.807, 2.05) is 60.8 Å². The van der Waals surface area contributed by atoms with Crippen LogP contribution in [0.3, 0.4) is 0 Å². The number of hydrogen-bond acceptors (Lipinski definition) is 9. The Kier molecular flexibility index (Phi) is 6.65. The smallest absolute Gasteiger partial charge is 0.337 e. The first-order chi connectivity index (χ1) is 16.4. The van der Waals surface area contributed by atoms with Gasteiger partial charge in [0.15, 0.2) is 5.13 Å². The van der Waals surface area contributed by atoms with Crippen molar-refractivity contribution in [3.05, 3.63) is 76.9 Å². The highest BCUT2D eigenvalue weighted by Gasteiger charge is 2.52. The first kappa shape index (κ1) is 23.4. The van der Waals surface area contributed by atoms with Crippen molar-refractivity contribution in [2.45, 2.75) is 25.4 Å². The van der Waals surface area contributed by atoms with E-state index in [-0.39, 0.29) is 0 Å². The number of methoxy groups -OCH3 is 2. The van der Waals surface area contributed by atoms with Crippen LogP contribution in [0.5, 0.6) is 0 Å². The van der Waals surface area contributed by atoms with Crippen LogP contribution in [0, 0.1) is 5.92 Å². The van der Waals surface area contributed by atoms with E-state index in [9.17, 15) is 9.59 Å². The van der Waals surface area contributed by atoms with Gasteiger partial charge in [-0.05, 0) is 31.5 Å². The lowest BCUT2D eigenvalue weighted by atomic mass is 9.70. The van der Waals surface area contributed by atoms with Gasteiger partial charge in [0.05, 0.1) is 37.1 Å². The van der Waals surface area contributed by atoms with Crippen LogP contribution in [-0.4, -0.2) is 42.2 Å². The molecule has 34 heavy (non-hydrogen) atoms. The lowest BCUT2D eigenvalue weighted by Gasteiger charge is -2.46. The van der Waals surface area contributed by atoms with Crippen molar-refractivity contribution in [3.63, 3.8) is 0 Å². The van der Waals surface area contributed by atoms with E-state index in [1.54, 1.807) is 13.1 Å². The number of anilines is 1. The number of benzene rings is 1. The van der Waals surface area contributed by atoms with Crippen molar-refractivity contribution in [1.82, 2.24) is 15.3 Å². The summed E-state index contributed by atoms with van der Waals surface area (Å²) in [6, 6.07) is 14.5. The second kappa shape index (κ2) is 9.64. The van der Waals surface area contributed by atoms with E-state index in [0.29, 0.717) is 22.1 Å². The maximum atomic E-state index is 13.2. The summed E-state index contributed by atoms with van der Waals surface area (Å²) in [7, 11) is 2.66. The Bertz CT molecular complexity index is 1210. The van der Waals surface area contributed by atoms with Crippen LogP contribution < -0.4 is 10.6 Å². The number of rotatable bonds is 6. The van der Waals surface area contributed by atoms with Crippen molar-refractivity contribution in [3.8, 4) is 11.4 Å². The number of carbonyl (C=O) groups is 2. The molecular formula is C25H26N4O4S. The molecule has 3 heterocycles. The second-order valence-electron chi connectivity index (χ2n) is 8.10. The molecule has 3 unspecified atom stereocenters. The lowest BCUT2D eigenvalue weighted by Crippen LogP contribution is -2.60. The Morgan fingerprint density at radius 1 is 1.06 bits per heavy atom. The molecule has 176 valence electrons. The predicted octanol–water partition coefficient (Wildman–Crippen LogP) is 3.74. The summed E-state index contributed by atoms with van der Waals surface area (Å²) in [6.07, 6.45) is 1.70. The van der Waals surface area contributed by atoms with Crippen molar-refractivity contribution >= 4 is 28.4 Å². The van der Waals surface area contributed by atoms with Crippen LogP contribution >= 0.6 is 11.3 Å². The Labute approximate surface area is 202 Å². The third-order valence-electron chi connectivity index (χ3n) is 6.06. The van der Waals surface area contributed by atoms with Crippen LogP contribution in [0.1, 0.15) is 19.4 Å². The van der Waals surface area contributed by atoms with E-state index in [4.69, 9.17) is 9.47 Å². The maximum absolute atomic E-state index is 13.2. The van der Waals surface area contributed by atoms with Crippen molar-refractivity contribution in [2.24, 2.45) is 5.92 Å². The van der Waals surface area contributed by atoms with E-state index in [2.05, 4.69) is 20.6 Å². The van der Waals surface area contributed by atoms with Crippen LogP contribution in [0.4, 0.5) is 5.13 Å². The third kappa shape index (κ3) is 4.26. The van der Waals surface area contributed by atoms with Gasteiger partial charge in [-0.15, -0.1) is 11.3 Å². The van der Waals surface area contributed by atoms with Gasteiger partial charge < -0.3 is 20.1 Å². The molecule has 0 radical (unpaired) electrons. The molecule has 1 aliphatic heterocycles. The monoisotopic (exact) mass is 478 g/mol. The molecule has 1 aliphatic rings. The average molecular weight is 479 g/mol. The number of esters is 2. The summed E-state index contributed by atoms with van der Waals surface area (Å²) < 4.78 is 10.3. The van der Waals surface area contributed by atoms with Crippen molar-refractivity contribution in [1.29, 1.82) is 0 Å². The quantitative estimate of drug-likeness (QED) is 0.517. The summed E-state index contributed by atoms with van der Waals surface area (Å²) in [5, 5.41) is 9.16. The largest absolute Gasteiger partial charge is 0.469 e. The van der Waals surface area contributed by atoms with E-state index >= 15 is 0 Å². The standard InChI is InChI=1S/C25H26N4O4S/c1-15-19(22(30)32-3)21(28-24-27-18(14-34-24)17-12-8-9-13-26-17)20(23(31)33-4)25(2,29-15)16-10-6-5-7-11-16/h5-14,20-21,29H,1-4H3,(H,27,28). The average Bonchev–Trinajstić information content (AvgIpc) is 3.33. The number of nitrogens with zero attached hydrogens (tertiary/aromatic N) is 2. The lowest BCUT2D eigenvalue weighted by molar-refractivity contribution is -0.149. The van der Waals surface area contributed by atoms with Crippen molar-refractivity contribution in [2.75, 3.05) is 19.5 Å². The fourth-order valence-electron chi connectivity index (χ4n) is 4.45. The van der Waals surface area contributed by atoms with Gasteiger partial charge in [0.25, 0.3) is 0 Å². The van der Waals surface area contributed by atoms with Crippen LogP contribution in [0.15, 0.2) is 71.4 Å². The Hall–Kier alpha value is -3.72. The van der Waals surface area contributed by atoms with Gasteiger partial charge >= 0.3 is 11.9 Å². The fraction of sp³-hybridized carbons (Fsp3) is 0.280. The topological polar surface area (TPSA) is 102 Å². The maximum Gasteiger partial charge on any atom is 0.337 e. The highest BCUT2D eigenvalue weighted by atomic mass is 32.1. The number of pyridine rings is 1. The highest BCUT2D eigenvalue weighted by Crippen LogP contribution is 2.42. The molecule has 0 amide bonds. The second-order valence-corrected chi connectivity index (χ2v) is 8.96. The molecule has 0 spiro atoms. The van der Waals surface area contributed by atoms with Gasteiger partial charge in [0.2, 0.25) is 0 Å². The molecule has 4 rings (SSSR count). The molecule has 3 aromatic rings. The molecule has 3 atom stereocenters. The third-order valence-corrected chi connectivity index (χ3v) is 6.84. The highest BCUT2D eigenvalue weighted by molar-refractivity contribution is 7.14. The number of carbonyl (C=O) groups excluding carboxylic acids is 2. The minimum atomic E-state index is -0.866. The first-order valence-electron chi connectivity index (χ1n) is 10.7. The number of thiazole rings is 1. The molecule has 9 heteroatoms. The molecule has 0 fully saturated rings. The SMILES string of the molecule is COC(=O)C1=C(C)NC(C)(c2ccccc2)C(C(=O)OC)C1Nc1nc(-c2ccccn2)cs1. The number of allylic oxidation sites excluding steroid dienone is 1. The summed E-state index contributed by atoms with van der Waals surface area (Å²) in [5.74, 6) is -1.81. The normalized spacial score (nSPS) is 22.0. The van der Waals surface area contributed by atoms with Gasteiger partial charge in [-0.1, -0.05) is 36.4 Å². The first-order valence-corrected chi connectivity index (χ1v) is 11.6. The zero-order valence-corrected chi connectivity index (χ0v) is 20.2. The minimum absolute atomic E-state index is 0.320.